The van der Waals surface area contributed by atoms with Crippen molar-refractivity contribution in [3.63, 3.8) is 0 Å². The van der Waals surface area contributed by atoms with Crippen molar-refractivity contribution in [2.75, 3.05) is 4.90 Å². The lowest BCUT2D eigenvalue weighted by molar-refractivity contribution is 1.22. The number of hydrogen-bond acceptors (Lipinski definition) is 4. The Morgan fingerprint density at radius 2 is 0.872 bits per heavy atom. The molecule has 0 amide bonds. The van der Waals surface area contributed by atoms with Crippen LogP contribution in [0.2, 0.25) is 0 Å². The molecular weight excluding hydrogens is 476 g/mol. The van der Waals surface area contributed by atoms with Gasteiger partial charge >= 0.3 is 0 Å². The van der Waals surface area contributed by atoms with Gasteiger partial charge in [-0.3, -0.25) is 9.97 Å². The lowest BCUT2D eigenvalue weighted by Gasteiger charge is -2.25. The zero-order valence-electron chi connectivity index (χ0n) is 21.3. The van der Waals surface area contributed by atoms with Gasteiger partial charge in [-0.2, -0.15) is 0 Å². The number of anilines is 3. The lowest BCUT2D eigenvalue weighted by Crippen LogP contribution is -2.09. The highest BCUT2D eigenvalue weighted by molar-refractivity contribution is 5.76. The fourth-order valence-corrected chi connectivity index (χ4v) is 4.06. The molecule has 0 unspecified atom stereocenters. The van der Waals surface area contributed by atoms with Crippen molar-refractivity contribution in [2.45, 2.75) is 0 Å². The maximum absolute atomic E-state index is 5.43. The van der Waals surface area contributed by atoms with Gasteiger partial charge in [-0.1, -0.05) is 60.5 Å². The first-order valence-electron chi connectivity index (χ1n) is 12.6. The summed E-state index contributed by atoms with van der Waals surface area (Å²) in [5, 5.41) is 0. The standard InChI is InChI=1S/C20H15N.C15H11N3/c1-2-17-13-15-20(16-14-17)21(18-9-5-3-6-10-18)19-11-7-4-8-12-19;1-3-10-16-12(6-1)14-8-5-9-15(18-14)13-7-2-4-11-17-13/h1,3-16H;1-11H. The second kappa shape index (κ2) is 12.6. The largest absolute Gasteiger partial charge is 0.311 e. The van der Waals surface area contributed by atoms with Crippen LogP contribution >= 0.6 is 0 Å². The number of aromatic nitrogens is 3. The van der Waals surface area contributed by atoms with Gasteiger partial charge in [-0.25, -0.2) is 4.98 Å². The molecule has 39 heavy (non-hydrogen) atoms. The number of rotatable bonds is 5. The second-order valence-electron chi connectivity index (χ2n) is 8.54. The average molecular weight is 503 g/mol. The first-order valence-corrected chi connectivity index (χ1v) is 12.6. The predicted molar refractivity (Wildman–Crippen MR) is 160 cm³/mol. The van der Waals surface area contributed by atoms with Crippen LogP contribution in [-0.2, 0) is 0 Å². The molecular formula is C35H26N4. The number of benzene rings is 3. The molecule has 0 N–H and O–H groups in total. The van der Waals surface area contributed by atoms with E-state index in [0.29, 0.717) is 0 Å². The Labute approximate surface area is 229 Å². The summed E-state index contributed by atoms with van der Waals surface area (Å²) in [6.07, 6.45) is 8.97. The third kappa shape index (κ3) is 6.43. The van der Waals surface area contributed by atoms with Crippen LogP contribution in [0.3, 0.4) is 0 Å². The Balaban J connectivity index is 0.000000160. The summed E-state index contributed by atoms with van der Waals surface area (Å²) in [6, 6.07) is 46.1. The Morgan fingerprint density at radius 1 is 0.436 bits per heavy atom. The van der Waals surface area contributed by atoms with Crippen LogP contribution in [0.15, 0.2) is 152 Å². The summed E-state index contributed by atoms with van der Waals surface area (Å²) in [5.74, 6) is 2.65. The van der Waals surface area contributed by atoms with E-state index >= 15 is 0 Å². The molecule has 4 nitrogen and oxygen atoms in total. The van der Waals surface area contributed by atoms with E-state index in [9.17, 15) is 0 Å². The topological polar surface area (TPSA) is 41.9 Å². The molecule has 186 valence electrons. The molecule has 0 radical (unpaired) electrons. The van der Waals surface area contributed by atoms with E-state index in [4.69, 9.17) is 6.42 Å². The van der Waals surface area contributed by atoms with Gasteiger partial charge in [-0.05, 0) is 84.9 Å². The number of terminal acetylenes is 1. The zero-order valence-corrected chi connectivity index (χ0v) is 21.3. The zero-order chi connectivity index (χ0) is 26.7. The number of para-hydroxylation sites is 2. The lowest BCUT2D eigenvalue weighted by atomic mass is 10.1. The van der Waals surface area contributed by atoms with Crippen molar-refractivity contribution in [2.24, 2.45) is 0 Å². The number of nitrogens with zero attached hydrogens (tertiary/aromatic N) is 4. The average Bonchev–Trinajstić information content (AvgIpc) is 3.04. The van der Waals surface area contributed by atoms with Crippen molar-refractivity contribution in [1.29, 1.82) is 0 Å². The predicted octanol–water partition coefficient (Wildman–Crippen LogP) is 8.34. The normalized spacial score (nSPS) is 10.0. The van der Waals surface area contributed by atoms with Gasteiger partial charge in [-0.15, -0.1) is 6.42 Å². The molecule has 0 atom stereocenters. The van der Waals surface area contributed by atoms with Crippen LogP contribution < -0.4 is 4.90 Å². The molecule has 0 aliphatic heterocycles. The third-order valence-corrected chi connectivity index (χ3v) is 5.92. The van der Waals surface area contributed by atoms with E-state index < -0.39 is 0 Å². The van der Waals surface area contributed by atoms with Crippen molar-refractivity contribution in [1.82, 2.24) is 15.0 Å². The molecule has 4 heteroatoms. The SMILES string of the molecule is C#Cc1ccc(N(c2ccccc2)c2ccccc2)cc1.c1ccc(-c2cccc(-c3ccccn3)n2)nc1. The number of hydrogen-bond donors (Lipinski definition) is 0. The van der Waals surface area contributed by atoms with Crippen molar-refractivity contribution in [3.8, 4) is 35.1 Å². The molecule has 6 rings (SSSR count). The van der Waals surface area contributed by atoms with E-state index in [1.807, 2.05) is 103 Å². The Morgan fingerprint density at radius 3 is 1.31 bits per heavy atom. The van der Waals surface area contributed by atoms with Crippen molar-refractivity contribution in [3.05, 3.63) is 157 Å². The molecule has 0 aliphatic rings. The summed E-state index contributed by atoms with van der Waals surface area (Å²) in [5.41, 5.74) is 7.68. The second-order valence-corrected chi connectivity index (χ2v) is 8.54. The van der Waals surface area contributed by atoms with Crippen LogP contribution in [0, 0.1) is 12.3 Å². The van der Waals surface area contributed by atoms with Gasteiger partial charge in [0.05, 0.1) is 22.8 Å². The van der Waals surface area contributed by atoms with Gasteiger partial charge in [0, 0.05) is 35.0 Å². The molecule has 0 aliphatic carbocycles. The maximum Gasteiger partial charge on any atom is 0.0894 e. The maximum atomic E-state index is 5.43. The van der Waals surface area contributed by atoms with Gasteiger partial charge in [0.1, 0.15) is 0 Å². The van der Waals surface area contributed by atoms with Gasteiger partial charge < -0.3 is 4.90 Å². The molecule has 0 spiro atoms. The first-order chi connectivity index (χ1) is 19.3. The van der Waals surface area contributed by atoms with E-state index in [-0.39, 0.29) is 0 Å². The quantitative estimate of drug-likeness (QED) is 0.222. The third-order valence-electron chi connectivity index (χ3n) is 5.92. The van der Waals surface area contributed by atoms with Crippen LogP contribution in [0.1, 0.15) is 5.56 Å². The van der Waals surface area contributed by atoms with E-state index in [2.05, 4.69) is 62.2 Å². The van der Waals surface area contributed by atoms with Crippen LogP contribution in [0.5, 0.6) is 0 Å². The van der Waals surface area contributed by atoms with Crippen molar-refractivity contribution < 1.29 is 0 Å². The van der Waals surface area contributed by atoms with E-state index in [1.54, 1.807) is 12.4 Å². The highest BCUT2D eigenvalue weighted by Gasteiger charge is 2.11. The molecule has 0 saturated heterocycles. The fourth-order valence-electron chi connectivity index (χ4n) is 4.06. The highest BCUT2D eigenvalue weighted by Crippen LogP contribution is 2.33. The summed E-state index contributed by atoms with van der Waals surface area (Å²) in [4.78, 5) is 15.4. The Bertz CT molecular complexity index is 1530. The van der Waals surface area contributed by atoms with Gasteiger partial charge in [0.25, 0.3) is 0 Å². The first kappa shape index (κ1) is 25.1. The Hall–Kier alpha value is -5.53. The molecule has 3 aromatic carbocycles. The van der Waals surface area contributed by atoms with Gasteiger partial charge in [0.2, 0.25) is 0 Å². The highest BCUT2D eigenvalue weighted by atomic mass is 15.1. The minimum atomic E-state index is 0.860. The molecule has 3 aromatic heterocycles. The number of pyridine rings is 3. The summed E-state index contributed by atoms with van der Waals surface area (Å²) in [7, 11) is 0. The smallest absolute Gasteiger partial charge is 0.0894 e. The molecule has 3 heterocycles. The van der Waals surface area contributed by atoms with Crippen LogP contribution in [0.4, 0.5) is 17.1 Å². The van der Waals surface area contributed by atoms with E-state index in [1.165, 1.54) is 0 Å². The molecule has 0 bridgehead atoms. The summed E-state index contributed by atoms with van der Waals surface area (Å²) >= 11 is 0. The molecule has 0 saturated carbocycles. The minimum absolute atomic E-state index is 0.860. The van der Waals surface area contributed by atoms with E-state index in [0.717, 1.165) is 45.4 Å². The van der Waals surface area contributed by atoms with Gasteiger partial charge in [0.15, 0.2) is 0 Å². The van der Waals surface area contributed by atoms with Crippen LogP contribution in [0.25, 0.3) is 22.8 Å². The fraction of sp³-hybridized carbons (Fsp3) is 0. The molecule has 0 fully saturated rings. The van der Waals surface area contributed by atoms with Crippen LogP contribution in [-0.4, -0.2) is 15.0 Å². The Kier molecular flexibility index (Phi) is 8.14. The minimum Gasteiger partial charge on any atom is -0.311 e. The molecule has 6 aromatic rings. The summed E-state index contributed by atoms with van der Waals surface area (Å²) < 4.78 is 0. The van der Waals surface area contributed by atoms with Crippen molar-refractivity contribution >= 4 is 17.1 Å². The summed E-state index contributed by atoms with van der Waals surface area (Å²) in [6.45, 7) is 0. The monoisotopic (exact) mass is 502 g/mol.